The molecule has 1 rings (SSSR count). The molecule has 2 atom stereocenters. The molecular weight excluding hydrogens is 198 g/mol. The van der Waals surface area contributed by atoms with Crippen molar-refractivity contribution < 1.29 is 8.95 Å². The van der Waals surface area contributed by atoms with Gasteiger partial charge < -0.3 is 4.74 Å². The first-order valence-electron chi connectivity index (χ1n) is 5.08. The lowest BCUT2D eigenvalue weighted by atomic mass is 10.1. The molecule has 3 nitrogen and oxygen atoms in total. The molecule has 1 aliphatic heterocycles. The zero-order valence-electron chi connectivity index (χ0n) is 9.16. The SMILES string of the molecule is CC(C)(C)S(=O)N=CC1CCCCO1. The van der Waals surface area contributed by atoms with Crippen LogP contribution in [-0.2, 0) is 15.7 Å². The van der Waals surface area contributed by atoms with E-state index in [-0.39, 0.29) is 10.9 Å². The molecule has 0 aromatic carbocycles. The Bertz CT molecular complexity index is 227. The van der Waals surface area contributed by atoms with Gasteiger partial charge in [-0.1, -0.05) is 0 Å². The fourth-order valence-electron chi connectivity index (χ4n) is 1.16. The second-order valence-electron chi connectivity index (χ2n) is 4.52. The van der Waals surface area contributed by atoms with Crippen LogP contribution in [0, 0.1) is 0 Å². The molecule has 4 heteroatoms. The maximum absolute atomic E-state index is 11.6. The van der Waals surface area contributed by atoms with Crippen LogP contribution >= 0.6 is 0 Å². The molecule has 0 N–H and O–H groups in total. The molecule has 1 aliphatic rings. The number of ether oxygens (including phenoxy) is 1. The summed E-state index contributed by atoms with van der Waals surface area (Å²) in [6, 6.07) is 0. The van der Waals surface area contributed by atoms with Crippen LogP contribution in [0.4, 0.5) is 0 Å². The van der Waals surface area contributed by atoms with E-state index in [0.29, 0.717) is 0 Å². The monoisotopic (exact) mass is 217 g/mol. The van der Waals surface area contributed by atoms with Crippen LogP contribution in [0.1, 0.15) is 40.0 Å². The van der Waals surface area contributed by atoms with Gasteiger partial charge in [0.2, 0.25) is 0 Å². The summed E-state index contributed by atoms with van der Waals surface area (Å²) in [6.45, 7) is 6.56. The summed E-state index contributed by atoms with van der Waals surface area (Å²) in [5, 5.41) is 0. The number of hydrogen-bond donors (Lipinski definition) is 0. The molecule has 0 aromatic heterocycles. The molecule has 0 radical (unpaired) electrons. The highest BCUT2D eigenvalue weighted by atomic mass is 32.2. The van der Waals surface area contributed by atoms with Crippen LogP contribution in [-0.4, -0.2) is 27.9 Å². The molecule has 1 saturated heterocycles. The van der Waals surface area contributed by atoms with Crippen molar-refractivity contribution in [3.63, 3.8) is 0 Å². The van der Waals surface area contributed by atoms with Crippen LogP contribution in [0.3, 0.4) is 0 Å². The van der Waals surface area contributed by atoms with E-state index >= 15 is 0 Å². The fourth-order valence-corrected chi connectivity index (χ4v) is 1.73. The van der Waals surface area contributed by atoms with Gasteiger partial charge in [0.1, 0.15) is 11.0 Å². The summed E-state index contributed by atoms with van der Waals surface area (Å²) in [5.41, 5.74) is 0. The summed E-state index contributed by atoms with van der Waals surface area (Å²) < 4.78 is 20.8. The summed E-state index contributed by atoms with van der Waals surface area (Å²) in [7, 11) is -1.15. The second-order valence-corrected chi connectivity index (χ2v) is 6.45. The Morgan fingerprint density at radius 3 is 2.64 bits per heavy atom. The van der Waals surface area contributed by atoms with E-state index in [4.69, 9.17) is 4.74 Å². The third-order valence-corrected chi connectivity index (χ3v) is 3.42. The number of nitrogens with zero attached hydrogens (tertiary/aromatic N) is 1. The smallest absolute Gasteiger partial charge is 0.144 e. The zero-order chi connectivity index (χ0) is 10.6. The van der Waals surface area contributed by atoms with E-state index in [9.17, 15) is 4.21 Å². The Balaban J connectivity index is 2.42. The van der Waals surface area contributed by atoms with Crippen LogP contribution < -0.4 is 0 Å². The van der Waals surface area contributed by atoms with Gasteiger partial charge in [-0.2, -0.15) is 4.40 Å². The Labute approximate surface area is 88.5 Å². The summed E-state index contributed by atoms with van der Waals surface area (Å²) >= 11 is 0. The van der Waals surface area contributed by atoms with Crippen molar-refractivity contribution in [3.05, 3.63) is 0 Å². The van der Waals surface area contributed by atoms with E-state index in [0.717, 1.165) is 19.4 Å². The fraction of sp³-hybridized carbons (Fsp3) is 0.900. The molecular formula is C10H19NO2S. The first kappa shape index (κ1) is 11.9. The molecule has 1 fully saturated rings. The first-order chi connectivity index (χ1) is 6.50. The van der Waals surface area contributed by atoms with E-state index in [1.54, 1.807) is 6.21 Å². The van der Waals surface area contributed by atoms with Gasteiger partial charge in [-0.3, -0.25) is 0 Å². The van der Waals surface area contributed by atoms with Crippen molar-refractivity contribution >= 4 is 17.2 Å². The van der Waals surface area contributed by atoms with Crippen molar-refractivity contribution in [2.45, 2.75) is 50.9 Å². The second kappa shape index (κ2) is 5.03. The summed E-state index contributed by atoms with van der Waals surface area (Å²) in [5.74, 6) is 0. The first-order valence-corrected chi connectivity index (χ1v) is 6.18. The predicted molar refractivity (Wildman–Crippen MR) is 60.0 cm³/mol. The average Bonchev–Trinajstić information content (AvgIpc) is 2.14. The molecule has 0 bridgehead atoms. The van der Waals surface area contributed by atoms with Gasteiger partial charge in [0, 0.05) is 12.8 Å². The Kier molecular flexibility index (Phi) is 4.26. The van der Waals surface area contributed by atoms with E-state index in [1.165, 1.54) is 6.42 Å². The number of hydrogen-bond acceptors (Lipinski definition) is 2. The molecule has 0 saturated carbocycles. The molecule has 0 aliphatic carbocycles. The maximum atomic E-state index is 11.6. The largest absolute Gasteiger partial charge is 0.373 e. The number of rotatable bonds is 2. The van der Waals surface area contributed by atoms with Crippen LogP contribution in [0.25, 0.3) is 0 Å². The van der Waals surface area contributed by atoms with Gasteiger partial charge in [0.25, 0.3) is 0 Å². The lowest BCUT2D eigenvalue weighted by Crippen LogP contribution is -2.23. The van der Waals surface area contributed by atoms with Gasteiger partial charge in [0.15, 0.2) is 0 Å². The standard InChI is InChI=1S/C10H19NO2S/c1-10(2,3)14(12)11-8-9-6-4-5-7-13-9/h8-9H,4-7H2,1-3H3. The van der Waals surface area contributed by atoms with Crippen molar-refractivity contribution in [1.29, 1.82) is 0 Å². The summed E-state index contributed by atoms with van der Waals surface area (Å²) in [6.07, 6.45) is 5.10. The van der Waals surface area contributed by atoms with Crippen molar-refractivity contribution in [2.24, 2.45) is 4.40 Å². The summed E-state index contributed by atoms with van der Waals surface area (Å²) in [4.78, 5) is 0. The highest BCUT2D eigenvalue weighted by molar-refractivity contribution is 7.85. The normalized spacial score (nSPS) is 26.6. The highest BCUT2D eigenvalue weighted by Crippen LogP contribution is 2.14. The highest BCUT2D eigenvalue weighted by Gasteiger charge is 2.19. The van der Waals surface area contributed by atoms with Crippen molar-refractivity contribution in [3.8, 4) is 0 Å². The quantitative estimate of drug-likeness (QED) is 0.664. The third-order valence-electron chi connectivity index (χ3n) is 2.06. The lowest BCUT2D eigenvalue weighted by Gasteiger charge is -2.19. The van der Waals surface area contributed by atoms with Crippen molar-refractivity contribution in [2.75, 3.05) is 6.61 Å². The van der Waals surface area contributed by atoms with Crippen LogP contribution in [0.15, 0.2) is 4.40 Å². The predicted octanol–water partition coefficient (Wildman–Crippen LogP) is 2.09. The lowest BCUT2D eigenvalue weighted by molar-refractivity contribution is 0.0617. The minimum atomic E-state index is -1.15. The minimum absolute atomic E-state index is 0.0787. The Hall–Kier alpha value is -0.220. The van der Waals surface area contributed by atoms with E-state index in [1.807, 2.05) is 20.8 Å². The molecule has 2 unspecified atom stereocenters. The maximum Gasteiger partial charge on any atom is 0.144 e. The molecule has 0 spiro atoms. The average molecular weight is 217 g/mol. The van der Waals surface area contributed by atoms with Gasteiger partial charge in [-0.25, -0.2) is 4.21 Å². The minimum Gasteiger partial charge on any atom is -0.373 e. The van der Waals surface area contributed by atoms with Gasteiger partial charge in [-0.15, -0.1) is 0 Å². The third kappa shape index (κ3) is 3.88. The van der Waals surface area contributed by atoms with Crippen LogP contribution in [0.5, 0.6) is 0 Å². The van der Waals surface area contributed by atoms with Gasteiger partial charge in [0.05, 0.1) is 10.9 Å². The van der Waals surface area contributed by atoms with Crippen LogP contribution in [0.2, 0.25) is 0 Å². The van der Waals surface area contributed by atoms with Crippen molar-refractivity contribution in [1.82, 2.24) is 0 Å². The Morgan fingerprint density at radius 1 is 1.43 bits per heavy atom. The van der Waals surface area contributed by atoms with Gasteiger partial charge >= 0.3 is 0 Å². The molecule has 1 heterocycles. The molecule has 14 heavy (non-hydrogen) atoms. The molecule has 82 valence electrons. The zero-order valence-corrected chi connectivity index (χ0v) is 9.97. The molecule has 0 aromatic rings. The topological polar surface area (TPSA) is 38.7 Å². The Morgan fingerprint density at radius 2 is 2.14 bits per heavy atom. The van der Waals surface area contributed by atoms with E-state index in [2.05, 4.69) is 4.40 Å². The van der Waals surface area contributed by atoms with Gasteiger partial charge in [-0.05, 0) is 40.0 Å². The molecule has 0 amide bonds. The van der Waals surface area contributed by atoms with E-state index < -0.39 is 11.0 Å².